The van der Waals surface area contributed by atoms with E-state index in [0.717, 1.165) is 9.13 Å². The lowest BCUT2D eigenvalue weighted by Crippen LogP contribution is -2.42. The van der Waals surface area contributed by atoms with Gasteiger partial charge in [0.25, 0.3) is 5.56 Å². The van der Waals surface area contributed by atoms with Gasteiger partial charge in [-0.3, -0.25) is 18.7 Å². The van der Waals surface area contributed by atoms with Crippen molar-refractivity contribution in [1.82, 2.24) is 9.13 Å². The number of rotatable bonds is 7. The van der Waals surface area contributed by atoms with Crippen molar-refractivity contribution in [3.63, 3.8) is 0 Å². The van der Waals surface area contributed by atoms with Crippen molar-refractivity contribution >= 4 is 17.6 Å². The smallest absolute Gasteiger partial charge is 0.338 e. The Hall–Kier alpha value is -4.14. The molecule has 0 unspecified atom stereocenters. The number of Topliss-reactive ketones (excluding diaryl/α,β-unsaturated/α-hetero) is 1. The van der Waals surface area contributed by atoms with Crippen LogP contribution in [0.4, 0.5) is 5.82 Å². The van der Waals surface area contributed by atoms with E-state index >= 15 is 0 Å². The molecule has 9 heteroatoms. The van der Waals surface area contributed by atoms with Gasteiger partial charge in [0.15, 0.2) is 6.61 Å². The van der Waals surface area contributed by atoms with Crippen LogP contribution in [0.2, 0.25) is 0 Å². The monoisotopic (exact) mass is 423 g/mol. The van der Waals surface area contributed by atoms with E-state index in [1.165, 1.54) is 14.1 Å². The highest BCUT2D eigenvalue weighted by Crippen LogP contribution is 2.16. The molecule has 0 fully saturated rings. The van der Waals surface area contributed by atoms with Gasteiger partial charge >= 0.3 is 11.7 Å². The zero-order valence-electron chi connectivity index (χ0n) is 17.0. The van der Waals surface area contributed by atoms with E-state index in [1.807, 2.05) is 18.2 Å². The van der Waals surface area contributed by atoms with E-state index in [9.17, 15) is 19.2 Å². The molecule has 0 aliphatic heterocycles. The number of hydrogen-bond donors (Lipinski definition) is 1. The van der Waals surface area contributed by atoms with E-state index in [0.29, 0.717) is 11.3 Å². The second-order valence-corrected chi connectivity index (χ2v) is 6.72. The van der Waals surface area contributed by atoms with Gasteiger partial charge < -0.3 is 15.2 Å². The summed E-state index contributed by atoms with van der Waals surface area (Å²) in [4.78, 5) is 49.3. The third kappa shape index (κ3) is 4.55. The molecule has 3 aromatic rings. The van der Waals surface area contributed by atoms with Crippen LogP contribution in [0, 0.1) is 0 Å². The topological polar surface area (TPSA) is 123 Å². The maximum Gasteiger partial charge on any atom is 0.338 e. The molecule has 1 aromatic heterocycles. The molecule has 9 nitrogen and oxygen atoms in total. The summed E-state index contributed by atoms with van der Waals surface area (Å²) < 4.78 is 12.5. The van der Waals surface area contributed by atoms with Gasteiger partial charge in [-0.25, -0.2) is 9.59 Å². The summed E-state index contributed by atoms with van der Waals surface area (Å²) in [7, 11) is 2.57. The molecular weight excluding hydrogens is 402 g/mol. The average molecular weight is 423 g/mol. The van der Waals surface area contributed by atoms with Gasteiger partial charge in [-0.2, -0.15) is 0 Å². The molecule has 160 valence electrons. The zero-order chi connectivity index (χ0) is 22.5. The Kier molecular flexibility index (Phi) is 6.35. The summed E-state index contributed by atoms with van der Waals surface area (Å²) in [5.74, 6) is -1.20. The van der Waals surface area contributed by atoms with Crippen molar-refractivity contribution in [2.45, 2.75) is 6.61 Å². The third-order valence-electron chi connectivity index (χ3n) is 4.70. The van der Waals surface area contributed by atoms with Crippen molar-refractivity contribution < 1.29 is 19.1 Å². The van der Waals surface area contributed by atoms with Crippen LogP contribution >= 0.6 is 0 Å². The summed E-state index contributed by atoms with van der Waals surface area (Å²) in [5, 5.41) is 0. The molecule has 0 saturated carbocycles. The quantitative estimate of drug-likeness (QED) is 0.449. The number of ketones is 1. The van der Waals surface area contributed by atoms with Crippen molar-refractivity contribution in [2.75, 3.05) is 12.3 Å². The Labute approximate surface area is 177 Å². The number of carbonyl (C=O) groups is 2. The van der Waals surface area contributed by atoms with Crippen LogP contribution in [0.5, 0.6) is 5.75 Å². The highest BCUT2D eigenvalue weighted by atomic mass is 16.5. The molecule has 0 radical (unpaired) electrons. The molecule has 0 aliphatic rings. The predicted molar refractivity (Wildman–Crippen MR) is 113 cm³/mol. The Morgan fingerprint density at radius 2 is 1.58 bits per heavy atom. The summed E-state index contributed by atoms with van der Waals surface area (Å²) in [6.07, 6.45) is 0. The number of benzene rings is 2. The molecule has 0 bridgehead atoms. The SMILES string of the molecule is Cn1c(N)c(C(=O)COC(=O)c2ccccc2COc2ccccc2)c(=O)n(C)c1=O. The minimum atomic E-state index is -0.849. The van der Waals surface area contributed by atoms with Crippen LogP contribution in [-0.4, -0.2) is 27.5 Å². The first-order chi connectivity index (χ1) is 14.8. The summed E-state index contributed by atoms with van der Waals surface area (Å²) in [6, 6.07) is 15.8. The first-order valence-corrected chi connectivity index (χ1v) is 9.32. The number of para-hydroxylation sites is 1. The molecule has 0 amide bonds. The van der Waals surface area contributed by atoms with E-state index in [2.05, 4.69) is 0 Å². The van der Waals surface area contributed by atoms with Gasteiger partial charge in [0.2, 0.25) is 5.78 Å². The van der Waals surface area contributed by atoms with Gasteiger partial charge in [-0.15, -0.1) is 0 Å². The van der Waals surface area contributed by atoms with Crippen LogP contribution in [0.15, 0.2) is 64.2 Å². The largest absolute Gasteiger partial charge is 0.489 e. The highest BCUT2D eigenvalue weighted by molar-refractivity contribution is 6.02. The molecular formula is C22H21N3O6. The number of nitrogens with zero attached hydrogens (tertiary/aromatic N) is 2. The molecule has 31 heavy (non-hydrogen) atoms. The number of nitrogens with two attached hydrogens (primary N) is 1. The standard InChI is InChI=1S/C22H21N3O6/c1-24-19(23)18(20(27)25(2)22(24)29)17(26)13-31-21(28)16-11-7-6-8-14(16)12-30-15-9-4-3-5-10-15/h3-11H,12-13,23H2,1-2H3. The molecule has 0 spiro atoms. The van der Waals surface area contributed by atoms with Gasteiger partial charge in [0.05, 0.1) is 5.56 Å². The van der Waals surface area contributed by atoms with E-state index in [4.69, 9.17) is 15.2 Å². The van der Waals surface area contributed by atoms with Gasteiger partial charge in [0, 0.05) is 19.7 Å². The van der Waals surface area contributed by atoms with Gasteiger partial charge in [-0.1, -0.05) is 36.4 Å². The van der Waals surface area contributed by atoms with Crippen molar-refractivity contribution in [3.05, 3.63) is 92.1 Å². The molecule has 1 heterocycles. The number of nitrogen functional groups attached to an aromatic ring is 1. The lowest BCUT2D eigenvalue weighted by Gasteiger charge is -2.12. The number of hydrogen-bond acceptors (Lipinski definition) is 7. The van der Waals surface area contributed by atoms with Gasteiger partial charge in [-0.05, 0) is 18.2 Å². The normalized spacial score (nSPS) is 10.5. The number of carbonyl (C=O) groups excluding carboxylic acids is 2. The fraction of sp³-hybridized carbons (Fsp3) is 0.182. The fourth-order valence-corrected chi connectivity index (χ4v) is 2.93. The molecule has 3 rings (SSSR count). The van der Waals surface area contributed by atoms with Crippen molar-refractivity contribution in [3.8, 4) is 5.75 Å². The summed E-state index contributed by atoms with van der Waals surface area (Å²) >= 11 is 0. The molecule has 0 atom stereocenters. The second kappa shape index (κ2) is 9.12. The maximum atomic E-state index is 12.6. The minimum absolute atomic E-state index is 0.123. The van der Waals surface area contributed by atoms with E-state index < -0.39 is 35.2 Å². The summed E-state index contributed by atoms with van der Waals surface area (Å²) in [5.41, 5.74) is 4.65. The average Bonchev–Trinajstić information content (AvgIpc) is 2.79. The van der Waals surface area contributed by atoms with Crippen molar-refractivity contribution in [1.29, 1.82) is 0 Å². The maximum absolute atomic E-state index is 12.6. The third-order valence-corrected chi connectivity index (χ3v) is 4.70. The lowest BCUT2D eigenvalue weighted by molar-refractivity contribution is 0.0471. The molecule has 2 aromatic carbocycles. The Balaban J connectivity index is 1.74. The number of ether oxygens (including phenoxy) is 2. The Bertz CT molecular complexity index is 1240. The minimum Gasteiger partial charge on any atom is -0.489 e. The first-order valence-electron chi connectivity index (χ1n) is 9.32. The molecule has 0 saturated heterocycles. The Morgan fingerprint density at radius 1 is 0.935 bits per heavy atom. The van der Waals surface area contributed by atoms with Gasteiger partial charge in [0.1, 0.15) is 23.7 Å². The molecule has 2 N–H and O–H groups in total. The Morgan fingerprint density at radius 3 is 2.29 bits per heavy atom. The second-order valence-electron chi connectivity index (χ2n) is 6.72. The van der Waals surface area contributed by atoms with E-state index in [-0.39, 0.29) is 18.0 Å². The fourth-order valence-electron chi connectivity index (χ4n) is 2.93. The van der Waals surface area contributed by atoms with E-state index in [1.54, 1.807) is 36.4 Å². The van der Waals surface area contributed by atoms with Crippen LogP contribution in [-0.2, 0) is 25.4 Å². The number of esters is 1. The van der Waals surface area contributed by atoms with Crippen LogP contribution < -0.4 is 21.7 Å². The molecule has 0 aliphatic carbocycles. The zero-order valence-corrected chi connectivity index (χ0v) is 17.0. The van der Waals surface area contributed by atoms with Crippen LogP contribution in [0.3, 0.4) is 0 Å². The summed E-state index contributed by atoms with van der Waals surface area (Å²) in [6.45, 7) is -0.581. The van der Waals surface area contributed by atoms with Crippen LogP contribution in [0.1, 0.15) is 26.3 Å². The number of aromatic nitrogens is 2. The lowest BCUT2D eigenvalue weighted by atomic mass is 10.1. The van der Waals surface area contributed by atoms with Crippen molar-refractivity contribution in [2.24, 2.45) is 14.1 Å². The predicted octanol–water partition coefficient (Wildman–Crippen LogP) is 1.28. The first kappa shape index (κ1) is 21.6. The highest BCUT2D eigenvalue weighted by Gasteiger charge is 2.22. The number of anilines is 1. The van der Waals surface area contributed by atoms with Crippen LogP contribution in [0.25, 0.3) is 0 Å².